The van der Waals surface area contributed by atoms with Crippen LogP contribution in [0.15, 0.2) is 53.5 Å². The summed E-state index contributed by atoms with van der Waals surface area (Å²) in [5.41, 5.74) is 3.32. The van der Waals surface area contributed by atoms with E-state index in [1.807, 2.05) is 54.3 Å². The third-order valence-corrected chi connectivity index (χ3v) is 4.52. The van der Waals surface area contributed by atoms with Gasteiger partial charge in [0.25, 0.3) is 0 Å². The summed E-state index contributed by atoms with van der Waals surface area (Å²) in [5, 5.41) is 6.33. The van der Waals surface area contributed by atoms with Gasteiger partial charge < -0.3 is 20.3 Å². The molecule has 6 nitrogen and oxygen atoms in total. The number of anilines is 1. The quantitative estimate of drug-likeness (QED) is 0.368. The molecule has 0 saturated carbocycles. The molecule has 0 aromatic heterocycles. The van der Waals surface area contributed by atoms with Crippen LogP contribution in [0.3, 0.4) is 0 Å². The first-order chi connectivity index (χ1) is 13.2. The van der Waals surface area contributed by atoms with Crippen molar-refractivity contribution in [2.75, 3.05) is 31.6 Å². The lowest BCUT2D eigenvalue weighted by Crippen LogP contribution is -2.44. The molecule has 0 bridgehead atoms. The molecule has 1 aliphatic rings. The molecule has 0 spiro atoms. The molecule has 0 saturated heterocycles. The van der Waals surface area contributed by atoms with Crippen molar-refractivity contribution in [2.45, 2.75) is 19.9 Å². The van der Waals surface area contributed by atoms with E-state index in [1.54, 1.807) is 7.11 Å². The molecule has 1 aliphatic heterocycles. The fourth-order valence-corrected chi connectivity index (χ4v) is 3.10. The molecule has 3 rings (SSSR count). The second-order valence-electron chi connectivity index (χ2n) is 6.32. The molecule has 7 heteroatoms. The van der Waals surface area contributed by atoms with Gasteiger partial charge in [0.05, 0.1) is 20.2 Å². The van der Waals surface area contributed by atoms with Crippen molar-refractivity contribution < 1.29 is 9.53 Å². The van der Waals surface area contributed by atoms with E-state index in [0.29, 0.717) is 12.5 Å². The Morgan fingerprint density at radius 3 is 2.61 bits per heavy atom. The molecule has 0 fully saturated rings. The molecule has 2 aromatic rings. The zero-order valence-corrected chi connectivity index (χ0v) is 18.6. The van der Waals surface area contributed by atoms with Gasteiger partial charge in [0.1, 0.15) is 5.75 Å². The van der Waals surface area contributed by atoms with E-state index < -0.39 is 0 Å². The molecule has 2 N–H and O–H groups in total. The Hall–Kier alpha value is -2.29. The van der Waals surface area contributed by atoms with Crippen molar-refractivity contribution in [1.82, 2.24) is 10.6 Å². The summed E-state index contributed by atoms with van der Waals surface area (Å²) in [6.07, 6.45) is 0.910. The number of halogens is 1. The molecule has 2 aromatic carbocycles. The van der Waals surface area contributed by atoms with Crippen molar-refractivity contribution in [2.24, 2.45) is 4.99 Å². The predicted octanol–water partition coefficient (Wildman–Crippen LogP) is 2.96. The summed E-state index contributed by atoms with van der Waals surface area (Å²) in [5.74, 6) is 1.51. The minimum absolute atomic E-state index is 0. The van der Waals surface area contributed by atoms with E-state index >= 15 is 0 Å². The number of carbonyl (C=O) groups is 1. The number of carbonyl (C=O) groups excluding carboxylic acids is 1. The fraction of sp³-hybridized carbons (Fsp3) is 0.333. The van der Waals surface area contributed by atoms with Crippen LogP contribution in [-0.2, 0) is 17.8 Å². The van der Waals surface area contributed by atoms with Crippen molar-refractivity contribution in [3.8, 4) is 5.75 Å². The van der Waals surface area contributed by atoms with Gasteiger partial charge in [-0.15, -0.1) is 24.0 Å². The van der Waals surface area contributed by atoms with Gasteiger partial charge >= 0.3 is 0 Å². The number of rotatable bonds is 6. The number of guanidine groups is 1. The van der Waals surface area contributed by atoms with E-state index in [-0.39, 0.29) is 36.4 Å². The predicted molar refractivity (Wildman–Crippen MR) is 124 cm³/mol. The molecular formula is C21H27IN4O2. The highest BCUT2D eigenvalue weighted by atomic mass is 127. The summed E-state index contributed by atoms with van der Waals surface area (Å²) in [7, 11) is 1.65. The topological polar surface area (TPSA) is 66.0 Å². The maximum absolute atomic E-state index is 12.6. The van der Waals surface area contributed by atoms with Gasteiger partial charge in [-0.1, -0.05) is 30.3 Å². The van der Waals surface area contributed by atoms with Crippen LogP contribution in [0.4, 0.5) is 5.69 Å². The molecule has 0 radical (unpaired) electrons. The zero-order chi connectivity index (χ0) is 19.1. The second kappa shape index (κ2) is 10.9. The lowest BCUT2D eigenvalue weighted by Gasteiger charge is -2.18. The van der Waals surface area contributed by atoms with E-state index in [9.17, 15) is 4.79 Å². The Balaban J connectivity index is 0.00000280. The van der Waals surface area contributed by atoms with Crippen LogP contribution >= 0.6 is 24.0 Å². The third kappa shape index (κ3) is 5.60. The first kappa shape index (κ1) is 22.0. The van der Waals surface area contributed by atoms with Crippen molar-refractivity contribution >= 4 is 41.5 Å². The average molecular weight is 494 g/mol. The number of para-hydroxylation sites is 1. The van der Waals surface area contributed by atoms with Gasteiger partial charge in [-0.05, 0) is 42.7 Å². The Labute approximate surface area is 183 Å². The number of nitrogens with zero attached hydrogens (tertiary/aromatic N) is 2. The number of hydrogen-bond donors (Lipinski definition) is 2. The number of fused-ring (bicyclic) bond motifs is 1. The Bertz CT molecular complexity index is 808. The van der Waals surface area contributed by atoms with Crippen LogP contribution in [0.1, 0.15) is 18.1 Å². The molecule has 1 heterocycles. The number of benzene rings is 2. The summed E-state index contributed by atoms with van der Waals surface area (Å²) in [6.45, 7) is 4.21. The monoisotopic (exact) mass is 494 g/mol. The van der Waals surface area contributed by atoms with Gasteiger partial charge in [-0.25, -0.2) is 4.99 Å². The van der Waals surface area contributed by atoms with Crippen LogP contribution in [0.2, 0.25) is 0 Å². The summed E-state index contributed by atoms with van der Waals surface area (Å²) < 4.78 is 5.17. The number of nitrogens with one attached hydrogen (secondary N) is 2. The first-order valence-electron chi connectivity index (χ1n) is 9.24. The minimum Gasteiger partial charge on any atom is -0.497 e. The lowest BCUT2D eigenvalue weighted by molar-refractivity contribution is -0.117. The lowest BCUT2D eigenvalue weighted by atomic mass is 10.2. The average Bonchev–Trinajstić information content (AvgIpc) is 3.14. The third-order valence-electron chi connectivity index (χ3n) is 4.52. The van der Waals surface area contributed by atoms with Crippen LogP contribution in [0.25, 0.3) is 0 Å². The van der Waals surface area contributed by atoms with Crippen molar-refractivity contribution in [3.63, 3.8) is 0 Å². The van der Waals surface area contributed by atoms with E-state index in [1.165, 1.54) is 5.56 Å². The number of aliphatic imine (C=N–C) groups is 1. The van der Waals surface area contributed by atoms with Crippen LogP contribution in [0, 0.1) is 0 Å². The van der Waals surface area contributed by atoms with Gasteiger partial charge in [0.2, 0.25) is 5.91 Å². The van der Waals surface area contributed by atoms with E-state index in [0.717, 1.165) is 36.5 Å². The van der Waals surface area contributed by atoms with Crippen LogP contribution in [-0.4, -0.2) is 38.6 Å². The largest absolute Gasteiger partial charge is 0.497 e. The molecule has 0 unspecified atom stereocenters. The molecule has 150 valence electrons. The van der Waals surface area contributed by atoms with Crippen molar-refractivity contribution in [1.29, 1.82) is 0 Å². The van der Waals surface area contributed by atoms with Gasteiger partial charge in [0.15, 0.2) is 5.96 Å². The van der Waals surface area contributed by atoms with E-state index in [2.05, 4.69) is 21.7 Å². The van der Waals surface area contributed by atoms with Gasteiger partial charge in [-0.2, -0.15) is 0 Å². The van der Waals surface area contributed by atoms with Crippen LogP contribution in [0.5, 0.6) is 5.75 Å². The molecule has 1 amide bonds. The summed E-state index contributed by atoms with van der Waals surface area (Å²) in [6, 6.07) is 15.9. The number of amides is 1. The molecule has 28 heavy (non-hydrogen) atoms. The van der Waals surface area contributed by atoms with Gasteiger partial charge in [-0.3, -0.25) is 4.79 Å². The maximum Gasteiger partial charge on any atom is 0.246 e. The van der Waals surface area contributed by atoms with Crippen molar-refractivity contribution in [3.05, 3.63) is 59.7 Å². The molecule has 0 atom stereocenters. The Kier molecular flexibility index (Phi) is 8.56. The normalized spacial score (nSPS) is 12.8. The Morgan fingerprint density at radius 1 is 1.14 bits per heavy atom. The standard InChI is InChI=1S/C21H26N4O2.HI/c1-3-22-21(23-14-16-8-10-18(27-2)11-9-16)24-15-20(26)25-13-12-17-6-4-5-7-19(17)25;/h4-11H,3,12-15H2,1-2H3,(H2,22,23,24);1H. The fourth-order valence-electron chi connectivity index (χ4n) is 3.10. The van der Waals surface area contributed by atoms with Gasteiger partial charge in [0, 0.05) is 18.8 Å². The minimum atomic E-state index is 0. The highest BCUT2D eigenvalue weighted by Gasteiger charge is 2.23. The summed E-state index contributed by atoms with van der Waals surface area (Å²) >= 11 is 0. The maximum atomic E-state index is 12.6. The molecule has 0 aliphatic carbocycles. The number of hydrogen-bond acceptors (Lipinski definition) is 3. The number of methoxy groups -OCH3 is 1. The first-order valence-corrected chi connectivity index (χ1v) is 9.24. The molecular weight excluding hydrogens is 467 g/mol. The highest BCUT2D eigenvalue weighted by Crippen LogP contribution is 2.27. The van der Waals surface area contributed by atoms with E-state index in [4.69, 9.17) is 4.74 Å². The second-order valence-corrected chi connectivity index (χ2v) is 6.32. The highest BCUT2D eigenvalue weighted by molar-refractivity contribution is 14.0. The smallest absolute Gasteiger partial charge is 0.246 e. The summed E-state index contributed by atoms with van der Waals surface area (Å²) in [4.78, 5) is 19.0. The van der Waals surface area contributed by atoms with Crippen LogP contribution < -0.4 is 20.3 Å². The number of ether oxygens (including phenoxy) is 1. The Morgan fingerprint density at radius 2 is 1.89 bits per heavy atom. The zero-order valence-electron chi connectivity index (χ0n) is 16.3. The SMILES string of the molecule is CCNC(=NCc1ccc(OC)cc1)NCC(=O)N1CCc2ccccc21.I.